The average molecular weight is 298 g/mol. The number of rotatable bonds is 8. The van der Waals surface area contributed by atoms with Crippen LogP contribution in [0.15, 0.2) is 48.5 Å². The second-order valence-corrected chi connectivity index (χ2v) is 5.38. The minimum atomic E-state index is -0.729. The molecular weight excluding hydrogens is 276 g/mol. The number of carbonyl (C=O) groups is 1. The van der Waals surface area contributed by atoms with Crippen LogP contribution in [0, 0.1) is 0 Å². The van der Waals surface area contributed by atoms with Crippen LogP contribution < -0.4 is 4.74 Å². The first-order chi connectivity index (χ1) is 10.7. The number of carboxylic acids is 1. The Morgan fingerprint density at radius 3 is 2.45 bits per heavy atom. The van der Waals surface area contributed by atoms with Crippen molar-refractivity contribution in [3.05, 3.63) is 65.2 Å². The molecule has 3 nitrogen and oxygen atoms in total. The van der Waals surface area contributed by atoms with Gasteiger partial charge in [-0.25, -0.2) is 0 Å². The van der Waals surface area contributed by atoms with Crippen LogP contribution in [-0.4, -0.2) is 18.2 Å². The fraction of sp³-hybridized carbons (Fsp3) is 0.316. The molecule has 0 bridgehead atoms. The first-order valence-corrected chi connectivity index (χ1v) is 7.60. The normalized spacial score (nSPS) is 10.4. The van der Waals surface area contributed by atoms with Gasteiger partial charge in [0, 0.05) is 6.42 Å². The summed E-state index contributed by atoms with van der Waals surface area (Å²) in [6.07, 6.45) is 3.61. The van der Waals surface area contributed by atoms with Crippen LogP contribution in [0.2, 0.25) is 0 Å². The smallest absolute Gasteiger partial charge is 0.303 e. The molecule has 116 valence electrons. The van der Waals surface area contributed by atoms with Crippen molar-refractivity contribution in [2.75, 3.05) is 7.11 Å². The molecule has 2 aromatic rings. The first-order valence-electron chi connectivity index (χ1n) is 7.60. The van der Waals surface area contributed by atoms with Gasteiger partial charge in [0.1, 0.15) is 5.75 Å². The van der Waals surface area contributed by atoms with E-state index in [0.717, 1.165) is 25.0 Å². The molecule has 0 aliphatic carbocycles. The van der Waals surface area contributed by atoms with Gasteiger partial charge in [-0.15, -0.1) is 0 Å². The summed E-state index contributed by atoms with van der Waals surface area (Å²) in [6, 6.07) is 16.5. The summed E-state index contributed by atoms with van der Waals surface area (Å²) in [5, 5.41) is 8.69. The maximum Gasteiger partial charge on any atom is 0.303 e. The fourth-order valence-electron chi connectivity index (χ4n) is 2.57. The Morgan fingerprint density at radius 2 is 1.73 bits per heavy atom. The van der Waals surface area contributed by atoms with Gasteiger partial charge in [0.05, 0.1) is 7.11 Å². The van der Waals surface area contributed by atoms with Crippen LogP contribution in [0.4, 0.5) is 0 Å². The van der Waals surface area contributed by atoms with Crippen LogP contribution in [0.1, 0.15) is 29.5 Å². The third-order valence-corrected chi connectivity index (χ3v) is 3.72. The number of benzene rings is 2. The molecule has 0 aliphatic rings. The maximum atomic E-state index is 10.6. The van der Waals surface area contributed by atoms with Crippen LogP contribution in [0.25, 0.3) is 0 Å². The molecule has 0 heterocycles. The first kappa shape index (κ1) is 16.1. The SMILES string of the molecule is COc1ccccc1CCc1cccc(CCCC(=O)O)c1. The summed E-state index contributed by atoms with van der Waals surface area (Å²) < 4.78 is 5.38. The lowest BCUT2D eigenvalue weighted by Gasteiger charge is -2.09. The average Bonchev–Trinajstić information content (AvgIpc) is 2.53. The molecule has 22 heavy (non-hydrogen) atoms. The van der Waals surface area contributed by atoms with Crippen LogP contribution in [0.5, 0.6) is 5.75 Å². The van der Waals surface area contributed by atoms with Crippen molar-refractivity contribution in [3.63, 3.8) is 0 Å². The lowest BCUT2D eigenvalue weighted by Crippen LogP contribution is -1.98. The highest BCUT2D eigenvalue weighted by atomic mass is 16.5. The summed E-state index contributed by atoms with van der Waals surface area (Å²) in [7, 11) is 1.70. The topological polar surface area (TPSA) is 46.5 Å². The molecule has 0 saturated carbocycles. The van der Waals surface area contributed by atoms with Crippen molar-refractivity contribution >= 4 is 5.97 Å². The van der Waals surface area contributed by atoms with Crippen molar-refractivity contribution < 1.29 is 14.6 Å². The van der Waals surface area contributed by atoms with Crippen molar-refractivity contribution in [2.45, 2.75) is 32.1 Å². The summed E-state index contributed by atoms with van der Waals surface area (Å²) in [6.45, 7) is 0. The third-order valence-electron chi connectivity index (χ3n) is 3.72. The van der Waals surface area contributed by atoms with Gasteiger partial charge < -0.3 is 9.84 Å². The van der Waals surface area contributed by atoms with Gasteiger partial charge in [-0.05, 0) is 48.4 Å². The molecule has 0 saturated heterocycles. The predicted molar refractivity (Wildman–Crippen MR) is 87.4 cm³/mol. The number of hydrogen-bond acceptors (Lipinski definition) is 2. The monoisotopic (exact) mass is 298 g/mol. The minimum absolute atomic E-state index is 0.228. The largest absolute Gasteiger partial charge is 0.496 e. The predicted octanol–water partition coefficient (Wildman–Crippen LogP) is 3.89. The molecule has 0 radical (unpaired) electrons. The second kappa shape index (κ2) is 8.23. The molecule has 0 spiro atoms. The van der Waals surface area contributed by atoms with E-state index in [4.69, 9.17) is 9.84 Å². The second-order valence-electron chi connectivity index (χ2n) is 5.38. The standard InChI is InChI=1S/C19H22O3/c1-22-18-10-3-2-9-17(18)13-12-16-7-4-6-15(14-16)8-5-11-19(20)21/h2-4,6-7,9-10,14H,5,8,11-13H2,1H3,(H,20,21). The zero-order valence-corrected chi connectivity index (χ0v) is 12.9. The van der Waals surface area contributed by atoms with E-state index in [9.17, 15) is 4.79 Å². The molecule has 3 heteroatoms. The van der Waals surface area contributed by atoms with Crippen molar-refractivity contribution in [3.8, 4) is 5.75 Å². The van der Waals surface area contributed by atoms with E-state index in [1.807, 2.05) is 24.3 Å². The molecule has 2 rings (SSSR count). The molecule has 0 atom stereocenters. The Morgan fingerprint density at radius 1 is 1.00 bits per heavy atom. The van der Waals surface area contributed by atoms with E-state index in [2.05, 4.69) is 24.3 Å². The number of para-hydroxylation sites is 1. The van der Waals surface area contributed by atoms with Gasteiger partial charge >= 0.3 is 5.97 Å². The Hall–Kier alpha value is -2.29. The summed E-state index contributed by atoms with van der Waals surface area (Å²) in [4.78, 5) is 10.6. The lowest BCUT2D eigenvalue weighted by molar-refractivity contribution is -0.137. The lowest BCUT2D eigenvalue weighted by atomic mass is 10.00. The molecule has 0 fully saturated rings. The molecule has 0 aliphatic heterocycles. The highest BCUT2D eigenvalue weighted by molar-refractivity contribution is 5.66. The van der Waals surface area contributed by atoms with Crippen molar-refractivity contribution in [2.24, 2.45) is 0 Å². The van der Waals surface area contributed by atoms with Gasteiger partial charge in [-0.2, -0.15) is 0 Å². The Kier molecular flexibility index (Phi) is 6.01. The van der Waals surface area contributed by atoms with E-state index in [1.54, 1.807) is 7.11 Å². The summed E-state index contributed by atoms with van der Waals surface area (Å²) in [5.41, 5.74) is 3.69. The number of aryl methyl sites for hydroxylation is 3. The van der Waals surface area contributed by atoms with Crippen LogP contribution in [-0.2, 0) is 24.1 Å². The van der Waals surface area contributed by atoms with Gasteiger partial charge in [-0.1, -0.05) is 42.5 Å². The minimum Gasteiger partial charge on any atom is -0.496 e. The van der Waals surface area contributed by atoms with E-state index in [-0.39, 0.29) is 6.42 Å². The fourth-order valence-corrected chi connectivity index (χ4v) is 2.57. The number of ether oxygens (including phenoxy) is 1. The van der Waals surface area contributed by atoms with E-state index in [1.165, 1.54) is 16.7 Å². The highest BCUT2D eigenvalue weighted by Crippen LogP contribution is 2.20. The van der Waals surface area contributed by atoms with Gasteiger partial charge in [0.15, 0.2) is 0 Å². The molecule has 0 amide bonds. The number of hydrogen-bond donors (Lipinski definition) is 1. The van der Waals surface area contributed by atoms with Crippen LogP contribution in [0.3, 0.4) is 0 Å². The molecule has 0 aromatic heterocycles. The number of aliphatic carboxylic acids is 1. The maximum absolute atomic E-state index is 10.6. The van der Waals surface area contributed by atoms with E-state index < -0.39 is 5.97 Å². The van der Waals surface area contributed by atoms with E-state index in [0.29, 0.717) is 6.42 Å². The van der Waals surface area contributed by atoms with Gasteiger partial charge in [0.25, 0.3) is 0 Å². The number of carboxylic acid groups (broad SMARTS) is 1. The molecule has 2 aromatic carbocycles. The summed E-state index contributed by atoms with van der Waals surface area (Å²) in [5.74, 6) is 0.201. The molecular formula is C19H22O3. The zero-order valence-electron chi connectivity index (χ0n) is 12.9. The van der Waals surface area contributed by atoms with Crippen molar-refractivity contribution in [1.29, 1.82) is 0 Å². The zero-order chi connectivity index (χ0) is 15.8. The van der Waals surface area contributed by atoms with Gasteiger partial charge in [0.2, 0.25) is 0 Å². The Balaban J connectivity index is 1.94. The summed E-state index contributed by atoms with van der Waals surface area (Å²) >= 11 is 0. The van der Waals surface area contributed by atoms with Crippen LogP contribution >= 0.6 is 0 Å². The Bertz CT molecular complexity index is 620. The van der Waals surface area contributed by atoms with E-state index >= 15 is 0 Å². The Labute approximate surface area is 131 Å². The number of methoxy groups -OCH3 is 1. The third kappa shape index (κ3) is 4.92. The highest BCUT2D eigenvalue weighted by Gasteiger charge is 2.03. The molecule has 0 unspecified atom stereocenters. The molecule has 1 N–H and O–H groups in total. The van der Waals surface area contributed by atoms with Crippen molar-refractivity contribution in [1.82, 2.24) is 0 Å². The quantitative estimate of drug-likeness (QED) is 0.804. The van der Waals surface area contributed by atoms with Gasteiger partial charge in [-0.3, -0.25) is 4.79 Å².